The molecule has 0 saturated carbocycles. The average Bonchev–Trinajstić information content (AvgIpc) is 3.12. The van der Waals surface area contributed by atoms with Crippen molar-refractivity contribution in [1.29, 1.82) is 0 Å². The molecule has 1 heterocycles. The molecule has 3 rings (SSSR count). The van der Waals surface area contributed by atoms with Crippen LogP contribution < -0.4 is 0 Å². The molecule has 0 atom stereocenters. The minimum Gasteiger partial charge on any atom is -0.450 e. The van der Waals surface area contributed by atoms with Gasteiger partial charge in [-0.1, -0.05) is 30.3 Å². The molecule has 1 amide bonds. The predicted octanol–water partition coefficient (Wildman–Crippen LogP) is 4.31. The number of ether oxygens (including phenoxy) is 2. The van der Waals surface area contributed by atoms with Crippen molar-refractivity contribution in [2.75, 3.05) is 19.8 Å². The summed E-state index contributed by atoms with van der Waals surface area (Å²) in [5.41, 5.74) is 1.80. The highest BCUT2D eigenvalue weighted by Gasteiger charge is 2.23. The molecule has 0 aliphatic heterocycles. The van der Waals surface area contributed by atoms with Crippen molar-refractivity contribution < 1.29 is 27.9 Å². The van der Waals surface area contributed by atoms with Crippen LogP contribution in [0.3, 0.4) is 0 Å². The summed E-state index contributed by atoms with van der Waals surface area (Å²) in [5, 5.41) is 0.769. The Morgan fingerprint density at radius 3 is 2.63 bits per heavy atom. The van der Waals surface area contributed by atoms with Gasteiger partial charge in [-0.25, -0.2) is 9.18 Å². The lowest BCUT2D eigenvalue weighted by molar-refractivity contribution is -0.135. The summed E-state index contributed by atoms with van der Waals surface area (Å²) in [5.74, 6) is -1.44. The van der Waals surface area contributed by atoms with Crippen molar-refractivity contribution in [1.82, 2.24) is 4.90 Å². The molecular formula is C23H24FNO5. The number of likely N-dealkylation sites (N-methyl/N-ethyl adjacent to an activating group) is 1. The van der Waals surface area contributed by atoms with E-state index < -0.39 is 12.6 Å². The fourth-order valence-corrected chi connectivity index (χ4v) is 3.13. The Morgan fingerprint density at radius 1 is 1.10 bits per heavy atom. The fourth-order valence-electron chi connectivity index (χ4n) is 3.13. The normalized spacial score (nSPS) is 10.9. The zero-order chi connectivity index (χ0) is 21.5. The summed E-state index contributed by atoms with van der Waals surface area (Å²) in [7, 11) is 0. The van der Waals surface area contributed by atoms with E-state index in [0.717, 1.165) is 5.39 Å². The van der Waals surface area contributed by atoms with Gasteiger partial charge in [0.1, 0.15) is 11.4 Å². The Kier molecular flexibility index (Phi) is 7.19. The number of benzene rings is 2. The maximum Gasteiger partial charge on any atom is 0.375 e. The third kappa shape index (κ3) is 5.04. The second-order valence-electron chi connectivity index (χ2n) is 6.66. The number of hydrogen-bond acceptors (Lipinski definition) is 5. The van der Waals surface area contributed by atoms with Crippen LogP contribution in [-0.2, 0) is 27.4 Å². The van der Waals surface area contributed by atoms with Crippen LogP contribution in [0.1, 0.15) is 35.5 Å². The van der Waals surface area contributed by atoms with E-state index in [1.807, 2.05) is 19.1 Å². The number of esters is 1. The summed E-state index contributed by atoms with van der Waals surface area (Å²) in [4.78, 5) is 26.6. The summed E-state index contributed by atoms with van der Waals surface area (Å²) < 4.78 is 29.7. The molecule has 0 spiro atoms. The van der Waals surface area contributed by atoms with E-state index in [0.29, 0.717) is 29.9 Å². The number of rotatable bonds is 9. The smallest absolute Gasteiger partial charge is 0.375 e. The molecular weight excluding hydrogens is 389 g/mol. The minimum absolute atomic E-state index is 0.0330. The van der Waals surface area contributed by atoms with E-state index in [4.69, 9.17) is 13.9 Å². The molecule has 0 saturated heterocycles. The minimum atomic E-state index is -0.726. The van der Waals surface area contributed by atoms with E-state index in [1.54, 1.807) is 31.2 Å². The highest BCUT2D eigenvalue weighted by molar-refractivity contribution is 5.96. The molecule has 0 N–H and O–H groups in total. The molecule has 0 unspecified atom stereocenters. The molecule has 0 aliphatic rings. The summed E-state index contributed by atoms with van der Waals surface area (Å²) >= 11 is 0. The number of hydrogen-bond donors (Lipinski definition) is 0. The SMILES string of the molecule is CCOCc1c(C(=O)OCC(=O)N(CC)Cc2cccc(F)c2)oc2ccccc12. The number of nitrogens with zero attached hydrogens (tertiary/aromatic N) is 1. The van der Waals surface area contributed by atoms with E-state index in [1.165, 1.54) is 17.0 Å². The average molecular weight is 413 g/mol. The zero-order valence-electron chi connectivity index (χ0n) is 17.0. The first kappa shape index (κ1) is 21.5. The van der Waals surface area contributed by atoms with Gasteiger partial charge in [0.25, 0.3) is 5.91 Å². The summed E-state index contributed by atoms with van der Waals surface area (Å²) in [6.45, 7) is 4.53. The number of halogens is 1. The first-order valence-corrected chi connectivity index (χ1v) is 9.81. The lowest BCUT2D eigenvalue weighted by Crippen LogP contribution is -2.34. The Morgan fingerprint density at radius 2 is 1.90 bits per heavy atom. The summed E-state index contributed by atoms with van der Waals surface area (Å²) in [6.07, 6.45) is 0. The van der Waals surface area contributed by atoms with Gasteiger partial charge < -0.3 is 18.8 Å². The van der Waals surface area contributed by atoms with Gasteiger partial charge >= 0.3 is 5.97 Å². The largest absolute Gasteiger partial charge is 0.450 e. The first-order chi connectivity index (χ1) is 14.5. The molecule has 7 heteroatoms. The highest BCUT2D eigenvalue weighted by Crippen LogP contribution is 2.27. The molecule has 6 nitrogen and oxygen atoms in total. The van der Waals surface area contributed by atoms with Crippen molar-refractivity contribution in [3.05, 3.63) is 71.2 Å². The molecule has 0 fully saturated rings. The lowest BCUT2D eigenvalue weighted by atomic mass is 10.1. The van der Waals surface area contributed by atoms with E-state index >= 15 is 0 Å². The number of carbonyl (C=O) groups is 2. The zero-order valence-corrected chi connectivity index (χ0v) is 17.0. The molecule has 30 heavy (non-hydrogen) atoms. The van der Waals surface area contributed by atoms with Crippen LogP contribution in [0.4, 0.5) is 4.39 Å². The Hall–Kier alpha value is -3.19. The van der Waals surface area contributed by atoms with Crippen LogP contribution in [0, 0.1) is 5.82 Å². The van der Waals surface area contributed by atoms with Gasteiger partial charge in [-0.3, -0.25) is 4.79 Å². The van der Waals surface area contributed by atoms with Crippen molar-refractivity contribution in [2.24, 2.45) is 0 Å². The summed E-state index contributed by atoms with van der Waals surface area (Å²) in [6, 6.07) is 13.3. The van der Waals surface area contributed by atoms with E-state index in [-0.39, 0.29) is 30.6 Å². The Balaban J connectivity index is 1.69. The van der Waals surface area contributed by atoms with E-state index in [9.17, 15) is 14.0 Å². The van der Waals surface area contributed by atoms with Gasteiger partial charge in [-0.2, -0.15) is 0 Å². The van der Waals surface area contributed by atoms with Crippen molar-refractivity contribution in [2.45, 2.75) is 27.0 Å². The van der Waals surface area contributed by atoms with E-state index in [2.05, 4.69) is 0 Å². The molecule has 0 aliphatic carbocycles. The fraction of sp³-hybridized carbons (Fsp3) is 0.304. The van der Waals surface area contributed by atoms with Crippen molar-refractivity contribution >= 4 is 22.8 Å². The van der Waals surface area contributed by atoms with Crippen LogP contribution in [0.2, 0.25) is 0 Å². The monoisotopic (exact) mass is 413 g/mol. The Labute approximate surface area is 174 Å². The van der Waals surface area contributed by atoms with Gasteiger partial charge in [-0.05, 0) is 37.6 Å². The van der Waals surface area contributed by atoms with Crippen LogP contribution in [0.25, 0.3) is 11.0 Å². The standard InChI is InChI=1S/C23H24FNO5/c1-3-25(13-16-8-7-9-17(24)12-16)21(26)15-29-23(27)22-19(14-28-4-2)18-10-5-6-11-20(18)30-22/h5-12H,3-4,13-15H2,1-2H3. The van der Waals surface area contributed by atoms with Crippen LogP contribution in [0.15, 0.2) is 52.9 Å². The highest BCUT2D eigenvalue weighted by atomic mass is 19.1. The molecule has 0 bridgehead atoms. The van der Waals surface area contributed by atoms with Gasteiger partial charge in [0.05, 0.1) is 6.61 Å². The lowest BCUT2D eigenvalue weighted by Gasteiger charge is -2.20. The van der Waals surface area contributed by atoms with Crippen LogP contribution in [0.5, 0.6) is 0 Å². The number of fused-ring (bicyclic) bond motifs is 1. The third-order valence-electron chi connectivity index (χ3n) is 4.66. The van der Waals surface area contributed by atoms with Crippen molar-refractivity contribution in [3.63, 3.8) is 0 Å². The molecule has 2 aromatic carbocycles. The third-order valence-corrected chi connectivity index (χ3v) is 4.66. The van der Waals surface area contributed by atoms with Crippen LogP contribution >= 0.6 is 0 Å². The topological polar surface area (TPSA) is 69.0 Å². The second-order valence-corrected chi connectivity index (χ2v) is 6.66. The van der Waals surface area contributed by atoms with Gasteiger partial charge in [0.2, 0.25) is 5.76 Å². The second kappa shape index (κ2) is 10.0. The number of carbonyl (C=O) groups excluding carboxylic acids is 2. The molecule has 3 aromatic rings. The van der Waals surface area contributed by atoms with Gasteiger partial charge in [0, 0.05) is 30.6 Å². The van der Waals surface area contributed by atoms with Gasteiger partial charge in [0.15, 0.2) is 6.61 Å². The number of amides is 1. The number of para-hydroxylation sites is 1. The predicted molar refractivity (Wildman–Crippen MR) is 109 cm³/mol. The Bertz CT molecular complexity index is 1030. The first-order valence-electron chi connectivity index (χ1n) is 9.81. The van der Waals surface area contributed by atoms with Crippen LogP contribution in [-0.4, -0.2) is 36.5 Å². The number of furan rings is 1. The van der Waals surface area contributed by atoms with Gasteiger partial charge in [-0.15, -0.1) is 0 Å². The molecule has 1 aromatic heterocycles. The molecule has 0 radical (unpaired) electrons. The van der Waals surface area contributed by atoms with Crippen molar-refractivity contribution in [3.8, 4) is 0 Å². The quantitative estimate of drug-likeness (QED) is 0.489. The maximum atomic E-state index is 13.4. The molecule has 158 valence electrons. The maximum absolute atomic E-state index is 13.4.